The van der Waals surface area contributed by atoms with Gasteiger partial charge in [0.15, 0.2) is 5.76 Å². The minimum absolute atomic E-state index is 0.0813. The lowest BCUT2D eigenvalue weighted by atomic mass is 9.98. The number of nitrogens with one attached hydrogen (secondary N) is 1. The molecule has 1 aromatic heterocycles. The van der Waals surface area contributed by atoms with Gasteiger partial charge in [-0.1, -0.05) is 6.07 Å². The number of benzene rings is 1. The average molecular weight is 328 g/mol. The van der Waals surface area contributed by atoms with Gasteiger partial charge in [-0.3, -0.25) is 9.59 Å². The molecule has 1 saturated heterocycles. The lowest BCUT2D eigenvalue weighted by molar-refractivity contribution is 0.0620. The van der Waals surface area contributed by atoms with Crippen LogP contribution in [0.25, 0.3) is 0 Å². The lowest BCUT2D eigenvalue weighted by Gasteiger charge is -2.32. The molecule has 2 N–H and O–H groups in total. The zero-order chi connectivity index (χ0) is 16.9. The topological polar surface area (TPSA) is 82.8 Å². The molecule has 2 aromatic rings. The van der Waals surface area contributed by atoms with Crippen molar-refractivity contribution in [1.29, 1.82) is 0 Å². The number of anilines is 1. The molecule has 1 aliphatic heterocycles. The second-order valence-corrected chi connectivity index (χ2v) is 5.95. The van der Waals surface area contributed by atoms with Gasteiger partial charge >= 0.3 is 0 Å². The van der Waals surface area contributed by atoms with Crippen LogP contribution in [0.4, 0.5) is 5.69 Å². The second kappa shape index (κ2) is 7.31. The fourth-order valence-corrected chi connectivity index (χ4v) is 2.91. The minimum Gasteiger partial charge on any atom is -0.459 e. The number of aliphatic hydroxyl groups is 1. The molecule has 0 radical (unpaired) electrons. The van der Waals surface area contributed by atoms with Crippen LogP contribution < -0.4 is 5.32 Å². The van der Waals surface area contributed by atoms with Crippen LogP contribution in [-0.4, -0.2) is 41.5 Å². The summed E-state index contributed by atoms with van der Waals surface area (Å²) in [5.74, 6) is -0.0803. The summed E-state index contributed by atoms with van der Waals surface area (Å²) in [6, 6.07) is 10.1. The maximum Gasteiger partial charge on any atom is 0.291 e. The van der Waals surface area contributed by atoms with Gasteiger partial charge in [-0.15, -0.1) is 0 Å². The Hall–Kier alpha value is -2.60. The van der Waals surface area contributed by atoms with E-state index in [0.29, 0.717) is 24.3 Å². The van der Waals surface area contributed by atoms with Crippen LogP contribution in [0, 0.1) is 5.92 Å². The molecular formula is C18H20N2O4. The van der Waals surface area contributed by atoms with Crippen LogP contribution in [0.1, 0.15) is 33.8 Å². The molecule has 0 bridgehead atoms. The van der Waals surface area contributed by atoms with Crippen molar-refractivity contribution >= 4 is 17.5 Å². The zero-order valence-corrected chi connectivity index (χ0v) is 13.3. The fraction of sp³-hybridized carbons (Fsp3) is 0.333. The first-order valence-corrected chi connectivity index (χ1v) is 8.02. The number of nitrogens with zero attached hydrogens (tertiary/aromatic N) is 1. The zero-order valence-electron chi connectivity index (χ0n) is 13.3. The van der Waals surface area contributed by atoms with Gasteiger partial charge in [-0.2, -0.15) is 0 Å². The molecule has 0 saturated carbocycles. The monoisotopic (exact) mass is 328 g/mol. The molecule has 1 aromatic carbocycles. The highest BCUT2D eigenvalue weighted by atomic mass is 16.3. The molecule has 2 amide bonds. The van der Waals surface area contributed by atoms with Crippen LogP contribution in [0.5, 0.6) is 0 Å². The van der Waals surface area contributed by atoms with Gasteiger partial charge in [-0.05, 0) is 49.1 Å². The Balaban J connectivity index is 1.70. The number of piperidine rings is 1. The van der Waals surface area contributed by atoms with Gasteiger partial charge in [0.25, 0.3) is 11.8 Å². The standard InChI is InChI=1S/C18H20N2O4/c21-12-13-4-2-8-20(11-13)18(23)14-5-1-6-15(10-14)19-17(22)16-7-3-9-24-16/h1,3,5-7,9-10,13,21H,2,4,8,11-12H2,(H,19,22). The van der Waals surface area contributed by atoms with E-state index in [2.05, 4.69) is 5.32 Å². The highest BCUT2D eigenvalue weighted by molar-refractivity contribution is 6.03. The molecule has 1 unspecified atom stereocenters. The number of amides is 2. The number of rotatable bonds is 4. The van der Waals surface area contributed by atoms with Crippen molar-refractivity contribution in [3.8, 4) is 0 Å². The molecule has 0 spiro atoms. The molecule has 2 heterocycles. The number of likely N-dealkylation sites (tertiary alicyclic amines) is 1. The number of furan rings is 1. The van der Waals surface area contributed by atoms with E-state index in [9.17, 15) is 14.7 Å². The summed E-state index contributed by atoms with van der Waals surface area (Å²) >= 11 is 0. The summed E-state index contributed by atoms with van der Waals surface area (Å²) in [4.78, 5) is 26.4. The normalized spacial score (nSPS) is 17.5. The molecule has 1 atom stereocenters. The van der Waals surface area contributed by atoms with Gasteiger partial charge in [0.1, 0.15) is 0 Å². The predicted molar refractivity (Wildman–Crippen MR) is 88.8 cm³/mol. The van der Waals surface area contributed by atoms with E-state index < -0.39 is 0 Å². The van der Waals surface area contributed by atoms with Crippen LogP contribution in [0.3, 0.4) is 0 Å². The first-order chi connectivity index (χ1) is 11.7. The number of carbonyl (C=O) groups is 2. The SMILES string of the molecule is O=C(Nc1cccc(C(=O)N2CCCC(CO)C2)c1)c1ccco1. The molecule has 6 heteroatoms. The van der Waals surface area contributed by atoms with Crippen molar-refractivity contribution in [2.45, 2.75) is 12.8 Å². The summed E-state index contributed by atoms with van der Waals surface area (Å²) < 4.78 is 5.05. The summed E-state index contributed by atoms with van der Waals surface area (Å²) in [7, 11) is 0. The molecule has 0 aliphatic carbocycles. The van der Waals surface area contributed by atoms with Crippen molar-refractivity contribution < 1.29 is 19.1 Å². The van der Waals surface area contributed by atoms with E-state index in [-0.39, 0.29) is 30.1 Å². The first-order valence-electron chi connectivity index (χ1n) is 8.02. The third-order valence-corrected chi connectivity index (χ3v) is 4.18. The number of hydrogen-bond donors (Lipinski definition) is 2. The smallest absolute Gasteiger partial charge is 0.291 e. The van der Waals surface area contributed by atoms with Gasteiger partial charge in [-0.25, -0.2) is 0 Å². The third-order valence-electron chi connectivity index (χ3n) is 4.18. The van der Waals surface area contributed by atoms with Crippen LogP contribution >= 0.6 is 0 Å². The predicted octanol–water partition coefficient (Wildman–Crippen LogP) is 2.38. The Morgan fingerprint density at radius 1 is 1.29 bits per heavy atom. The minimum atomic E-state index is -0.358. The highest BCUT2D eigenvalue weighted by Crippen LogP contribution is 2.20. The molecule has 126 valence electrons. The second-order valence-electron chi connectivity index (χ2n) is 5.95. The highest BCUT2D eigenvalue weighted by Gasteiger charge is 2.24. The summed E-state index contributed by atoms with van der Waals surface area (Å²) in [6.07, 6.45) is 3.27. The number of aliphatic hydroxyl groups excluding tert-OH is 1. The van der Waals surface area contributed by atoms with Gasteiger partial charge in [0, 0.05) is 30.9 Å². The molecular weight excluding hydrogens is 308 g/mol. The van der Waals surface area contributed by atoms with E-state index in [4.69, 9.17) is 4.42 Å². The third kappa shape index (κ3) is 3.65. The Morgan fingerprint density at radius 2 is 2.17 bits per heavy atom. The van der Waals surface area contributed by atoms with E-state index in [1.807, 2.05) is 0 Å². The molecule has 3 rings (SSSR count). The summed E-state index contributed by atoms with van der Waals surface area (Å²) in [5, 5.41) is 12.0. The molecule has 1 aliphatic rings. The van der Waals surface area contributed by atoms with Crippen molar-refractivity contribution in [2.75, 3.05) is 25.0 Å². The molecule has 24 heavy (non-hydrogen) atoms. The average Bonchev–Trinajstić information content (AvgIpc) is 3.16. The first kappa shape index (κ1) is 16.3. The number of carbonyl (C=O) groups excluding carboxylic acids is 2. The van der Waals surface area contributed by atoms with E-state index in [1.165, 1.54) is 6.26 Å². The Morgan fingerprint density at radius 3 is 2.92 bits per heavy atom. The Kier molecular flexibility index (Phi) is 4.96. The Labute approximate surface area is 140 Å². The maximum absolute atomic E-state index is 12.6. The summed E-state index contributed by atoms with van der Waals surface area (Å²) in [6.45, 7) is 1.36. The van der Waals surface area contributed by atoms with E-state index in [1.54, 1.807) is 41.3 Å². The quantitative estimate of drug-likeness (QED) is 0.903. The largest absolute Gasteiger partial charge is 0.459 e. The van der Waals surface area contributed by atoms with Gasteiger partial charge < -0.3 is 19.7 Å². The number of hydrogen-bond acceptors (Lipinski definition) is 4. The summed E-state index contributed by atoms with van der Waals surface area (Å²) in [5.41, 5.74) is 1.06. The van der Waals surface area contributed by atoms with Gasteiger partial charge in [0.2, 0.25) is 0 Å². The van der Waals surface area contributed by atoms with Crippen molar-refractivity contribution in [3.63, 3.8) is 0 Å². The maximum atomic E-state index is 12.6. The van der Waals surface area contributed by atoms with E-state index in [0.717, 1.165) is 12.8 Å². The van der Waals surface area contributed by atoms with Crippen molar-refractivity contribution in [3.05, 3.63) is 54.0 Å². The van der Waals surface area contributed by atoms with Crippen molar-refractivity contribution in [2.24, 2.45) is 5.92 Å². The van der Waals surface area contributed by atoms with Gasteiger partial charge in [0.05, 0.1) is 6.26 Å². The molecule has 6 nitrogen and oxygen atoms in total. The van der Waals surface area contributed by atoms with E-state index >= 15 is 0 Å². The van der Waals surface area contributed by atoms with Crippen LogP contribution in [-0.2, 0) is 0 Å². The molecule has 1 fully saturated rings. The van der Waals surface area contributed by atoms with Crippen molar-refractivity contribution in [1.82, 2.24) is 4.90 Å². The fourth-order valence-electron chi connectivity index (χ4n) is 2.91. The lowest BCUT2D eigenvalue weighted by Crippen LogP contribution is -2.40. The van der Waals surface area contributed by atoms with Crippen LogP contribution in [0.2, 0.25) is 0 Å². The van der Waals surface area contributed by atoms with Crippen LogP contribution in [0.15, 0.2) is 47.1 Å². The Bertz CT molecular complexity index is 712.